The first-order chi connectivity index (χ1) is 12.1. The molecule has 0 unspecified atom stereocenters. The van der Waals surface area contributed by atoms with Gasteiger partial charge < -0.3 is 13.9 Å². The van der Waals surface area contributed by atoms with E-state index in [0.717, 1.165) is 10.2 Å². The zero-order chi connectivity index (χ0) is 17.8. The predicted octanol–water partition coefficient (Wildman–Crippen LogP) is 2.75. The van der Waals surface area contributed by atoms with Crippen molar-refractivity contribution >= 4 is 11.8 Å². The number of benzene rings is 2. The molecule has 0 saturated heterocycles. The van der Waals surface area contributed by atoms with Gasteiger partial charge in [-0.2, -0.15) is 4.68 Å². The molecule has 0 saturated carbocycles. The second-order valence-corrected chi connectivity index (χ2v) is 5.08. The number of nitrogens with one attached hydrogen (secondary N) is 1. The Morgan fingerprint density at radius 1 is 1.20 bits per heavy atom. The maximum atomic E-state index is 12.0. The molecule has 1 heterocycles. The van der Waals surface area contributed by atoms with E-state index < -0.39 is 11.8 Å². The van der Waals surface area contributed by atoms with Crippen LogP contribution in [0.4, 0.5) is 10.5 Å². The molecule has 3 rings (SSSR count). The van der Waals surface area contributed by atoms with E-state index in [9.17, 15) is 9.59 Å². The van der Waals surface area contributed by atoms with E-state index in [2.05, 4.69) is 10.4 Å². The van der Waals surface area contributed by atoms with Crippen molar-refractivity contribution in [1.29, 1.82) is 0 Å². The Morgan fingerprint density at radius 3 is 2.60 bits per heavy atom. The van der Waals surface area contributed by atoms with Crippen LogP contribution in [-0.2, 0) is 0 Å². The van der Waals surface area contributed by atoms with Crippen molar-refractivity contribution in [3.8, 4) is 17.5 Å². The van der Waals surface area contributed by atoms with Crippen LogP contribution in [0.2, 0.25) is 0 Å². The highest BCUT2D eigenvalue weighted by molar-refractivity contribution is 5.87. The molecule has 0 radical (unpaired) electrons. The third kappa shape index (κ3) is 3.69. The molecule has 0 bridgehead atoms. The highest BCUT2D eigenvalue weighted by Crippen LogP contribution is 2.19. The lowest BCUT2D eigenvalue weighted by Crippen LogP contribution is -2.18. The van der Waals surface area contributed by atoms with Gasteiger partial charge in [-0.05, 0) is 42.8 Å². The van der Waals surface area contributed by atoms with Crippen molar-refractivity contribution in [2.45, 2.75) is 6.92 Å². The summed E-state index contributed by atoms with van der Waals surface area (Å²) < 4.78 is 15.8. The minimum Gasteiger partial charge on any atom is -0.452 e. The average molecular weight is 341 g/mol. The lowest BCUT2D eigenvalue weighted by atomic mass is 10.2. The van der Waals surface area contributed by atoms with Crippen molar-refractivity contribution < 1.29 is 18.7 Å². The number of ether oxygens (including phenoxy) is 2. The molecule has 2 aromatic carbocycles. The van der Waals surface area contributed by atoms with Gasteiger partial charge in [-0.1, -0.05) is 23.3 Å². The van der Waals surface area contributed by atoms with Crippen LogP contribution in [0.25, 0.3) is 5.69 Å². The monoisotopic (exact) mass is 341 g/mol. The second-order valence-electron chi connectivity index (χ2n) is 5.08. The number of amides is 1. The molecule has 8 heteroatoms. The minimum absolute atomic E-state index is 0.128. The summed E-state index contributed by atoms with van der Waals surface area (Å²) in [5, 5.41) is 6.54. The number of anilines is 1. The van der Waals surface area contributed by atoms with E-state index >= 15 is 0 Å². The van der Waals surface area contributed by atoms with Crippen LogP contribution < -0.4 is 20.5 Å². The number of hydrogen-bond donors (Lipinski definition) is 1. The van der Waals surface area contributed by atoms with E-state index in [-0.39, 0.29) is 6.08 Å². The molecule has 1 aromatic heterocycles. The lowest BCUT2D eigenvalue weighted by molar-refractivity contribution is 0.215. The Labute approximate surface area is 142 Å². The average Bonchev–Trinajstić information content (AvgIpc) is 2.98. The smallest absolute Gasteiger partial charge is 0.444 e. The Kier molecular flexibility index (Phi) is 4.51. The fourth-order valence-corrected chi connectivity index (χ4v) is 2.16. The van der Waals surface area contributed by atoms with Crippen molar-refractivity contribution in [3.63, 3.8) is 0 Å². The highest BCUT2D eigenvalue weighted by Gasteiger charge is 2.12. The SMILES string of the molecule is COc1nn(-c2ccc(NC(=O)Oc3ccccc3)c(C)c2)c(=O)o1. The quantitative estimate of drug-likeness (QED) is 0.784. The van der Waals surface area contributed by atoms with Gasteiger partial charge in [0, 0.05) is 5.69 Å². The predicted molar refractivity (Wildman–Crippen MR) is 89.5 cm³/mol. The summed E-state index contributed by atoms with van der Waals surface area (Å²) in [6, 6.07) is 13.7. The highest BCUT2D eigenvalue weighted by atomic mass is 16.6. The van der Waals surface area contributed by atoms with Crippen LogP contribution in [0.3, 0.4) is 0 Å². The van der Waals surface area contributed by atoms with Crippen LogP contribution in [0.5, 0.6) is 11.8 Å². The van der Waals surface area contributed by atoms with Crippen molar-refractivity contribution in [3.05, 3.63) is 64.6 Å². The van der Waals surface area contributed by atoms with Crippen LogP contribution in [0, 0.1) is 6.92 Å². The zero-order valence-electron chi connectivity index (χ0n) is 13.6. The number of hydrogen-bond acceptors (Lipinski definition) is 6. The number of nitrogens with zero attached hydrogens (tertiary/aromatic N) is 2. The fraction of sp³-hybridized carbons (Fsp3) is 0.118. The molecule has 0 spiro atoms. The Balaban J connectivity index is 1.76. The molecule has 0 aliphatic heterocycles. The third-order valence-electron chi connectivity index (χ3n) is 3.35. The van der Waals surface area contributed by atoms with E-state index in [1.807, 2.05) is 6.07 Å². The first-order valence-electron chi connectivity index (χ1n) is 7.36. The van der Waals surface area contributed by atoms with Crippen LogP contribution in [0.15, 0.2) is 57.7 Å². The van der Waals surface area contributed by atoms with Gasteiger partial charge in [-0.3, -0.25) is 5.32 Å². The molecule has 0 atom stereocenters. The van der Waals surface area contributed by atoms with E-state index in [1.54, 1.807) is 49.4 Å². The molecular weight excluding hydrogens is 326 g/mol. The van der Waals surface area contributed by atoms with Crippen molar-refractivity contribution in [2.75, 3.05) is 12.4 Å². The number of para-hydroxylation sites is 1. The van der Waals surface area contributed by atoms with Gasteiger partial charge in [0.05, 0.1) is 12.8 Å². The van der Waals surface area contributed by atoms with Gasteiger partial charge in [0.2, 0.25) is 0 Å². The molecule has 1 N–H and O–H groups in total. The van der Waals surface area contributed by atoms with Crippen LogP contribution in [-0.4, -0.2) is 23.0 Å². The first-order valence-corrected chi connectivity index (χ1v) is 7.36. The number of aryl methyl sites for hydroxylation is 1. The first kappa shape index (κ1) is 16.3. The van der Waals surface area contributed by atoms with E-state index in [4.69, 9.17) is 13.9 Å². The summed E-state index contributed by atoms with van der Waals surface area (Å²) in [7, 11) is 1.35. The molecule has 0 aliphatic carbocycles. The van der Waals surface area contributed by atoms with E-state index in [0.29, 0.717) is 17.1 Å². The maximum Gasteiger partial charge on any atom is 0.444 e. The number of carbonyl (C=O) groups is 1. The molecule has 128 valence electrons. The third-order valence-corrected chi connectivity index (χ3v) is 3.35. The summed E-state index contributed by atoms with van der Waals surface area (Å²) in [6.45, 7) is 1.78. The number of methoxy groups -OCH3 is 1. The van der Waals surface area contributed by atoms with Gasteiger partial charge >= 0.3 is 17.9 Å². The van der Waals surface area contributed by atoms with Gasteiger partial charge in [0.25, 0.3) is 0 Å². The molecule has 25 heavy (non-hydrogen) atoms. The van der Waals surface area contributed by atoms with Crippen LogP contribution in [0.1, 0.15) is 5.56 Å². The number of carbonyl (C=O) groups excluding carboxylic acids is 1. The van der Waals surface area contributed by atoms with Gasteiger partial charge in [-0.15, -0.1) is 0 Å². The topological polar surface area (TPSA) is 95.6 Å². The summed E-state index contributed by atoms with van der Waals surface area (Å²) in [6.07, 6.45) is -0.737. The zero-order valence-corrected chi connectivity index (χ0v) is 13.6. The molecular formula is C17H15N3O5. The van der Waals surface area contributed by atoms with Gasteiger partial charge in [-0.25, -0.2) is 9.59 Å². The van der Waals surface area contributed by atoms with Gasteiger partial charge in [0.1, 0.15) is 5.75 Å². The summed E-state index contributed by atoms with van der Waals surface area (Å²) in [4.78, 5) is 23.7. The van der Waals surface area contributed by atoms with Crippen molar-refractivity contribution in [2.24, 2.45) is 0 Å². The number of aromatic nitrogens is 2. The molecule has 3 aromatic rings. The lowest BCUT2D eigenvalue weighted by Gasteiger charge is -2.10. The summed E-state index contributed by atoms with van der Waals surface area (Å²) >= 11 is 0. The normalized spacial score (nSPS) is 10.3. The molecule has 1 amide bonds. The molecule has 8 nitrogen and oxygen atoms in total. The standard InChI is InChI=1S/C17H15N3O5/c1-11-10-12(20-17(22)25-16(19-20)23-2)8-9-14(11)18-15(21)24-13-6-4-3-5-7-13/h3-10H,1-2H3,(H,18,21). The fourth-order valence-electron chi connectivity index (χ4n) is 2.16. The number of rotatable bonds is 4. The van der Waals surface area contributed by atoms with E-state index in [1.165, 1.54) is 7.11 Å². The summed E-state index contributed by atoms with van der Waals surface area (Å²) in [5.41, 5.74) is 1.75. The van der Waals surface area contributed by atoms with Gasteiger partial charge in [0.15, 0.2) is 0 Å². The van der Waals surface area contributed by atoms with Crippen LogP contribution >= 0.6 is 0 Å². The Bertz CT molecular complexity index is 946. The Morgan fingerprint density at radius 2 is 1.96 bits per heavy atom. The minimum atomic E-state index is -0.666. The summed E-state index contributed by atoms with van der Waals surface area (Å²) in [5.74, 6) is -0.226. The van der Waals surface area contributed by atoms with Crippen molar-refractivity contribution in [1.82, 2.24) is 9.78 Å². The Hall–Kier alpha value is -3.55. The molecule has 0 aliphatic rings. The largest absolute Gasteiger partial charge is 0.452 e. The maximum absolute atomic E-state index is 12.0. The second kappa shape index (κ2) is 6.91. The molecule has 0 fully saturated rings.